The van der Waals surface area contributed by atoms with Crippen molar-refractivity contribution in [3.63, 3.8) is 0 Å². The van der Waals surface area contributed by atoms with Gasteiger partial charge in [0, 0.05) is 30.2 Å². The monoisotopic (exact) mass is 250 g/mol. The SMILES string of the molecule is CSC1CCCCC1NCc1cncc(C)c1. The maximum atomic E-state index is 4.24. The minimum absolute atomic E-state index is 0.680. The number of rotatable bonds is 4. The third-order valence-electron chi connectivity index (χ3n) is 3.51. The smallest absolute Gasteiger partial charge is 0.0313 e. The van der Waals surface area contributed by atoms with Crippen molar-refractivity contribution in [2.45, 2.75) is 50.4 Å². The van der Waals surface area contributed by atoms with E-state index in [-0.39, 0.29) is 0 Å². The quantitative estimate of drug-likeness (QED) is 0.888. The van der Waals surface area contributed by atoms with E-state index in [0.29, 0.717) is 6.04 Å². The second-order valence-corrected chi connectivity index (χ2v) is 5.99. The maximum absolute atomic E-state index is 4.24. The van der Waals surface area contributed by atoms with Crippen LogP contribution in [0.4, 0.5) is 0 Å². The van der Waals surface area contributed by atoms with Crippen LogP contribution in [0, 0.1) is 6.92 Å². The predicted octanol–water partition coefficient (Wildman–Crippen LogP) is 3.15. The fraction of sp³-hybridized carbons (Fsp3) is 0.643. The Balaban J connectivity index is 1.88. The van der Waals surface area contributed by atoms with E-state index in [2.05, 4.69) is 29.5 Å². The average Bonchev–Trinajstić information content (AvgIpc) is 2.37. The molecule has 0 aromatic carbocycles. The summed E-state index contributed by atoms with van der Waals surface area (Å²) in [6.45, 7) is 3.05. The molecule has 0 saturated heterocycles. The summed E-state index contributed by atoms with van der Waals surface area (Å²) < 4.78 is 0. The fourth-order valence-electron chi connectivity index (χ4n) is 2.58. The molecule has 2 unspecified atom stereocenters. The molecule has 0 amide bonds. The Morgan fingerprint density at radius 3 is 2.94 bits per heavy atom. The maximum Gasteiger partial charge on any atom is 0.0313 e. The molecule has 2 rings (SSSR count). The molecule has 2 nitrogen and oxygen atoms in total. The Hall–Kier alpha value is -0.540. The van der Waals surface area contributed by atoms with Crippen molar-refractivity contribution in [1.82, 2.24) is 10.3 Å². The van der Waals surface area contributed by atoms with Gasteiger partial charge in [0.05, 0.1) is 0 Å². The molecule has 0 aliphatic heterocycles. The number of hydrogen-bond acceptors (Lipinski definition) is 3. The molecule has 94 valence electrons. The lowest BCUT2D eigenvalue weighted by molar-refractivity contribution is 0.383. The van der Waals surface area contributed by atoms with E-state index in [1.165, 1.54) is 36.8 Å². The van der Waals surface area contributed by atoms with Crippen LogP contribution >= 0.6 is 11.8 Å². The van der Waals surface area contributed by atoms with Crippen LogP contribution in [-0.4, -0.2) is 22.5 Å². The molecule has 1 heterocycles. The van der Waals surface area contributed by atoms with E-state index in [1.807, 2.05) is 24.2 Å². The first-order valence-corrected chi connectivity index (χ1v) is 7.75. The van der Waals surface area contributed by atoms with Gasteiger partial charge in [-0.25, -0.2) is 0 Å². The van der Waals surface area contributed by atoms with Crippen LogP contribution in [0.5, 0.6) is 0 Å². The molecule has 0 spiro atoms. The van der Waals surface area contributed by atoms with E-state index < -0.39 is 0 Å². The molecular formula is C14H22N2S. The van der Waals surface area contributed by atoms with Gasteiger partial charge in [-0.3, -0.25) is 4.98 Å². The lowest BCUT2D eigenvalue weighted by Crippen LogP contribution is -2.39. The molecule has 1 aliphatic rings. The van der Waals surface area contributed by atoms with Gasteiger partial charge in [0.1, 0.15) is 0 Å². The third-order valence-corrected chi connectivity index (χ3v) is 4.68. The number of pyridine rings is 1. The molecule has 0 radical (unpaired) electrons. The summed E-state index contributed by atoms with van der Waals surface area (Å²) in [6.07, 6.45) is 11.6. The van der Waals surface area contributed by atoms with Gasteiger partial charge in [-0.15, -0.1) is 0 Å². The number of aromatic nitrogens is 1. The number of nitrogens with one attached hydrogen (secondary N) is 1. The summed E-state index contributed by atoms with van der Waals surface area (Å²) in [7, 11) is 0. The van der Waals surface area contributed by atoms with E-state index >= 15 is 0 Å². The highest BCUT2D eigenvalue weighted by molar-refractivity contribution is 7.99. The first-order chi connectivity index (χ1) is 8.29. The van der Waals surface area contributed by atoms with Crippen molar-refractivity contribution >= 4 is 11.8 Å². The Kier molecular flexibility index (Phi) is 4.86. The zero-order chi connectivity index (χ0) is 12.1. The number of hydrogen-bond donors (Lipinski definition) is 1. The standard InChI is InChI=1S/C14H22N2S/c1-11-7-12(9-15-8-11)10-16-13-5-3-4-6-14(13)17-2/h7-9,13-14,16H,3-6,10H2,1-2H3. The molecule has 0 bridgehead atoms. The van der Waals surface area contributed by atoms with E-state index in [0.717, 1.165) is 11.8 Å². The van der Waals surface area contributed by atoms with Crippen LogP contribution in [0.15, 0.2) is 18.5 Å². The summed E-state index contributed by atoms with van der Waals surface area (Å²) >= 11 is 2.01. The van der Waals surface area contributed by atoms with Crippen molar-refractivity contribution in [2.75, 3.05) is 6.26 Å². The molecule has 1 aromatic heterocycles. The number of aryl methyl sites for hydroxylation is 1. The fourth-order valence-corrected chi connectivity index (χ4v) is 3.54. The summed E-state index contributed by atoms with van der Waals surface area (Å²) in [5, 5.41) is 4.50. The van der Waals surface area contributed by atoms with Crippen LogP contribution in [0.1, 0.15) is 36.8 Å². The molecule has 1 aliphatic carbocycles. The van der Waals surface area contributed by atoms with Gasteiger partial charge in [0.15, 0.2) is 0 Å². The highest BCUT2D eigenvalue weighted by atomic mass is 32.2. The lowest BCUT2D eigenvalue weighted by atomic mass is 9.94. The van der Waals surface area contributed by atoms with E-state index in [1.54, 1.807) is 0 Å². The first kappa shape index (κ1) is 12.9. The normalized spacial score (nSPS) is 24.8. The zero-order valence-electron chi connectivity index (χ0n) is 10.8. The molecule has 1 aromatic rings. The zero-order valence-corrected chi connectivity index (χ0v) is 11.6. The Morgan fingerprint density at radius 1 is 1.35 bits per heavy atom. The molecule has 1 N–H and O–H groups in total. The van der Waals surface area contributed by atoms with Gasteiger partial charge in [-0.05, 0) is 37.1 Å². The van der Waals surface area contributed by atoms with E-state index in [9.17, 15) is 0 Å². The van der Waals surface area contributed by atoms with Crippen LogP contribution in [0.25, 0.3) is 0 Å². The highest BCUT2D eigenvalue weighted by Crippen LogP contribution is 2.27. The Bertz CT molecular complexity index is 354. The van der Waals surface area contributed by atoms with Gasteiger partial charge < -0.3 is 5.32 Å². The van der Waals surface area contributed by atoms with Gasteiger partial charge in [-0.1, -0.05) is 18.9 Å². The molecule has 1 saturated carbocycles. The second-order valence-electron chi connectivity index (χ2n) is 4.92. The third kappa shape index (κ3) is 3.71. The minimum atomic E-state index is 0.680. The van der Waals surface area contributed by atoms with Crippen LogP contribution in [-0.2, 0) is 6.54 Å². The van der Waals surface area contributed by atoms with Crippen molar-refractivity contribution in [3.05, 3.63) is 29.6 Å². The van der Waals surface area contributed by atoms with Crippen molar-refractivity contribution in [3.8, 4) is 0 Å². The van der Waals surface area contributed by atoms with Gasteiger partial charge in [0.25, 0.3) is 0 Å². The minimum Gasteiger partial charge on any atom is -0.309 e. The van der Waals surface area contributed by atoms with Crippen LogP contribution in [0.2, 0.25) is 0 Å². The summed E-state index contributed by atoms with van der Waals surface area (Å²) in [5.41, 5.74) is 2.55. The van der Waals surface area contributed by atoms with Crippen LogP contribution in [0.3, 0.4) is 0 Å². The Morgan fingerprint density at radius 2 is 2.18 bits per heavy atom. The average molecular weight is 250 g/mol. The topological polar surface area (TPSA) is 24.9 Å². The van der Waals surface area contributed by atoms with Crippen molar-refractivity contribution < 1.29 is 0 Å². The largest absolute Gasteiger partial charge is 0.309 e. The molecular weight excluding hydrogens is 228 g/mol. The first-order valence-electron chi connectivity index (χ1n) is 6.46. The van der Waals surface area contributed by atoms with E-state index in [4.69, 9.17) is 0 Å². The number of nitrogens with zero attached hydrogens (tertiary/aromatic N) is 1. The molecule has 1 fully saturated rings. The predicted molar refractivity (Wildman–Crippen MR) is 75.4 cm³/mol. The molecule has 17 heavy (non-hydrogen) atoms. The summed E-state index contributed by atoms with van der Waals surface area (Å²) in [5.74, 6) is 0. The number of thioether (sulfide) groups is 1. The second kappa shape index (κ2) is 6.41. The van der Waals surface area contributed by atoms with Gasteiger partial charge >= 0.3 is 0 Å². The van der Waals surface area contributed by atoms with Crippen molar-refractivity contribution in [2.24, 2.45) is 0 Å². The van der Waals surface area contributed by atoms with Crippen LogP contribution < -0.4 is 5.32 Å². The summed E-state index contributed by atoms with van der Waals surface area (Å²) in [6, 6.07) is 2.90. The Labute approximate surface area is 109 Å². The summed E-state index contributed by atoms with van der Waals surface area (Å²) in [4.78, 5) is 4.24. The van der Waals surface area contributed by atoms with Gasteiger partial charge in [0.2, 0.25) is 0 Å². The highest BCUT2D eigenvalue weighted by Gasteiger charge is 2.23. The lowest BCUT2D eigenvalue weighted by Gasteiger charge is -2.31. The molecule has 3 heteroatoms. The van der Waals surface area contributed by atoms with Gasteiger partial charge in [-0.2, -0.15) is 11.8 Å². The molecule has 2 atom stereocenters. The van der Waals surface area contributed by atoms with Crippen molar-refractivity contribution in [1.29, 1.82) is 0 Å².